The van der Waals surface area contributed by atoms with Gasteiger partial charge in [0.15, 0.2) is 0 Å². The van der Waals surface area contributed by atoms with Crippen LogP contribution in [0.3, 0.4) is 0 Å². The number of rotatable bonds is 2. The summed E-state index contributed by atoms with van der Waals surface area (Å²) in [5.74, 6) is 0. The molecule has 0 spiro atoms. The number of hydrogen-bond acceptors (Lipinski definition) is 2. The molecular weight excluding hydrogens is 279 g/mol. The Kier molecular flexibility index (Phi) is 3.55. The van der Waals surface area contributed by atoms with E-state index in [-0.39, 0.29) is 5.56 Å². The summed E-state index contributed by atoms with van der Waals surface area (Å²) >= 11 is 8.28. The quantitative estimate of drug-likeness (QED) is 0.778. The topological polar surface area (TPSA) is 30.0 Å². The average Bonchev–Trinajstić information content (AvgIpc) is 2.08. The minimum Gasteiger partial charge on any atom is -0.276 e. The van der Waals surface area contributed by atoms with Gasteiger partial charge in [-0.05, 0) is 40.0 Å². The molecular formula is C8H5BrClF2NO. The molecule has 0 fully saturated rings. The van der Waals surface area contributed by atoms with E-state index in [0.29, 0.717) is 10.0 Å². The summed E-state index contributed by atoms with van der Waals surface area (Å²) in [6, 6.07) is 0. The molecule has 14 heavy (non-hydrogen) atoms. The second-order valence-corrected chi connectivity index (χ2v) is 3.76. The lowest BCUT2D eigenvalue weighted by molar-refractivity contribution is 0.106. The van der Waals surface area contributed by atoms with Crippen LogP contribution in [-0.4, -0.2) is 10.2 Å². The Balaban J connectivity index is 3.45. The maximum atomic E-state index is 12.4. The van der Waals surface area contributed by atoms with Crippen LogP contribution >= 0.6 is 27.5 Å². The van der Waals surface area contributed by atoms with Crippen LogP contribution < -0.4 is 0 Å². The average molecular weight is 284 g/mol. The Hall–Kier alpha value is -0.550. The van der Waals surface area contributed by atoms with Crippen LogP contribution in [0, 0.1) is 6.92 Å². The zero-order valence-corrected chi connectivity index (χ0v) is 9.36. The molecule has 1 heterocycles. The molecule has 1 rings (SSSR count). The Bertz CT molecular complexity index is 384. The Morgan fingerprint density at radius 2 is 2.21 bits per heavy atom. The molecule has 0 N–H and O–H groups in total. The zero-order valence-electron chi connectivity index (χ0n) is 7.02. The van der Waals surface area contributed by atoms with Crippen molar-refractivity contribution in [3.05, 3.63) is 27.5 Å². The minimum atomic E-state index is -2.81. The molecule has 0 atom stereocenters. The Morgan fingerprint density at radius 3 is 2.64 bits per heavy atom. The van der Waals surface area contributed by atoms with Crippen molar-refractivity contribution in [3.63, 3.8) is 0 Å². The van der Waals surface area contributed by atoms with Gasteiger partial charge in [0, 0.05) is 10.7 Å². The molecule has 0 aromatic carbocycles. The van der Waals surface area contributed by atoms with Crippen molar-refractivity contribution in [2.45, 2.75) is 13.3 Å². The summed E-state index contributed by atoms with van der Waals surface area (Å²) < 4.78 is 25.3. The van der Waals surface area contributed by atoms with Crippen molar-refractivity contribution in [1.82, 2.24) is 4.98 Å². The first-order valence-corrected chi connectivity index (χ1v) is 4.75. The summed E-state index contributed by atoms with van der Waals surface area (Å²) in [5, 5.41) is -0.924. The van der Waals surface area contributed by atoms with Crippen molar-refractivity contribution in [2.24, 2.45) is 0 Å². The molecule has 1 aromatic rings. The van der Waals surface area contributed by atoms with Gasteiger partial charge in [0.05, 0.1) is 5.56 Å². The first-order valence-electron chi connectivity index (χ1n) is 3.58. The lowest BCUT2D eigenvalue weighted by Gasteiger charge is -2.08. The van der Waals surface area contributed by atoms with Gasteiger partial charge < -0.3 is 0 Å². The van der Waals surface area contributed by atoms with Crippen LogP contribution in [0.15, 0.2) is 10.7 Å². The summed E-state index contributed by atoms with van der Waals surface area (Å²) in [7, 11) is 0. The van der Waals surface area contributed by atoms with Crippen LogP contribution in [0.1, 0.15) is 28.0 Å². The third-order valence-corrected chi connectivity index (χ3v) is 2.70. The lowest BCUT2D eigenvalue weighted by Crippen LogP contribution is -2.05. The van der Waals surface area contributed by atoms with Crippen LogP contribution in [0.5, 0.6) is 0 Å². The van der Waals surface area contributed by atoms with E-state index in [1.807, 2.05) is 0 Å². The van der Waals surface area contributed by atoms with Crippen molar-refractivity contribution in [3.8, 4) is 0 Å². The Labute approximate surface area is 92.4 Å². The number of halogens is 4. The molecule has 1 aromatic heterocycles. The van der Waals surface area contributed by atoms with Gasteiger partial charge in [0.2, 0.25) is 0 Å². The summed E-state index contributed by atoms with van der Waals surface area (Å²) in [6.45, 7) is 1.52. The molecule has 0 aliphatic heterocycles. The van der Waals surface area contributed by atoms with E-state index in [2.05, 4.69) is 20.9 Å². The van der Waals surface area contributed by atoms with E-state index in [0.717, 1.165) is 0 Å². The zero-order chi connectivity index (χ0) is 10.9. The second kappa shape index (κ2) is 4.31. The molecule has 0 aliphatic carbocycles. The minimum absolute atomic E-state index is 0.226. The van der Waals surface area contributed by atoms with E-state index >= 15 is 0 Å². The molecule has 0 bridgehead atoms. The normalized spacial score (nSPS) is 10.7. The van der Waals surface area contributed by atoms with E-state index in [9.17, 15) is 13.6 Å². The highest BCUT2D eigenvalue weighted by molar-refractivity contribution is 9.10. The van der Waals surface area contributed by atoms with E-state index in [4.69, 9.17) is 11.6 Å². The van der Waals surface area contributed by atoms with Gasteiger partial charge in [0.1, 0.15) is 5.69 Å². The predicted molar refractivity (Wildman–Crippen MR) is 51.8 cm³/mol. The molecule has 0 radical (unpaired) electrons. The fourth-order valence-corrected chi connectivity index (χ4v) is 1.55. The number of pyridine rings is 1. The van der Waals surface area contributed by atoms with Gasteiger partial charge in [-0.15, -0.1) is 0 Å². The Morgan fingerprint density at radius 1 is 1.64 bits per heavy atom. The largest absolute Gasteiger partial charge is 0.281 e. The molecule has 0 amide bonds. The number of alkyl halides is 2. The molecule has 0 saturated heterocycles. The third-order valence-electron chi connectivity index (χ3n) is 1.71. The van der Waals surface area contributed by atoms with E-state index in [1.54, 1.807) is 0 Å². The number of carbonyl (C=O) groups excluding carboxylic acids is 1. The molecule has 0 saturated carbocycles. The van der Waals surface area contributed by atoms with Crippen molar-refractivity contribution in [2.75, 3.05) is 0 Å². The van der Waals surface area contributed by atoms with Gasteiger partial charge in [-0.2, -0.15) is 0 Å². The monoisotopic (exact) mass is 283 g/mol. The first-order chi connectivity index (χ1) is 6.45. The van der Waals surface area contributed by atoms with Gasteiger partial charge in [0.25, 0.3) is 11.7 Å². The fraction of sp³-hybridized carbons (Fsp3) is 0.250. The molecule has 0 aliphatic rings. The van der Waals surface area contributed by atoms with Crippen molar-refractivity contribution < 1.29 is 13.6 Å². The number of carbonyl (C=O) groups is 1. The summed E-state index contributed by atoms with van der Waals surface area (Å²) in [5.41, 5.74) is -0.433. The van der Waals surface area contributed by atoms with Gasteiger partial charge in [-0.25, -0.2) is 8.78 Å². The van der Waals surface area contributed by atoms with Gasteiger partial charge in [-0.3, -0.25) is 9.78 Å². The van der Waals surface area contributed by atoms with Crippen molar-refractivity contribution in [1.29, 1.82) is 0 Å². The molecule has 76 valence electrons. The van der Waals surface area contributed by atoms with E-state index < -0.39 is 17.4 Å². The van der Waals surface area contributed by atoms with Crippen LogP contribution in [0.4, 0.5) is 8.78 Å². The highest BCUT2D eigenvalue weighted by atomic mass is 79.9. The second-order valence-electron chi connectivity index (χ2n) is 2.57. The predicted octanol–water partition coefficient (Wildman–Crippen LogP) is 3.47. The lowest BCUT2D eigenvalue weighted by atomic mass is 10.1. The highest BCUT2D eigenvalue weighted by Gasteiger charge is 2.22. The number of hydrogen-bond donors (Lipinski definition) is 0. The van der Waals surface area contributed by atoms with Crippen LogP contribution in [0.2, 0.25) is 0 Å². The van der Waals surface area contributed by atoms with Crippen LogP contribution in [0.25, 0.3) is 0 Å². The first kappa shape index (κ1) is 11.5. The molecule has 2 nitrogen and oxygen atoms in total. The summed E-state index contributed by atoms with van der Waals surface area (Å²) in [6.07, 6.45) is -1.58. The van der Waals surface area contributed by atoms with E-state index in [1.165, 1.54) is 13.1 Å². The fourth-order valence-electron chi connectivity index (χ4n) is 1.01. The third kappa shape index (κ3) is 2.09. The maximum absolute atomic E-state index is 12.4. The molecule has 0 unspecified atom stereocenters. The van der Waals surface area contributed by atoms with Crippen LogP contribution in [-0.2, 0) is 0 Å². The van der Waals surface area contributed by atoms with Gasteiger partial charge >= 0.3 is 0 Å². The van der Waals surface area contributed by atoms with Gasteiger partial charge in [-0.1, -0.05) is 0 Å². The standard InChI is InChI=1S/C8H5BrClF2NO/c1-3-4(9)2-13-6(8(11)12)5(3)7(10)14/h2,8H,1H3. The number of nitrogens with zero attached hydrogens (tertiary/aromatic N) is 1. The maximum Gasteiger partial charge on any atom is 0.281 e. The smallest absolute Gasteiger partial charge is 0.276 e. The molecule has 6 heteroatoms. The van der Waals surface area contributed by atoms with Crippen molar-refractivity contribution >= 4 is 32.8 Å². The highest BCUT2D eigenvalue weighted by Crippen LogP contribution is 2.28. The SMILES string of the molecule is Cc1c(Br)cnc(C(F)F)c1C(=O)Cl. The number of aromatic nitrogens is 1. The summed E-state index contributed by atoms with van der Waals surface area (Å²) in [4.78, 5) is 14.4.